The van der Waals surface area contributed by atoms with Gasteiger partial charge in [0.15, 0.2) is 0 Å². The number of nitrogens with zero attached hydrogens (tertiary/aromatic N) is 2. The van der Waals surface area contributed by atoms with Crippen LogP contribution >= 0.6 is 0 Å². The van der Waals surface area contributed by atoms with Gasteiger partial charge in [-0.25, -0.2) is 9.78 Å². The highest BCUT2D eigenvalue weighted by molar-refractivity contribution is 5.82. The fourth-order valence-corrected chi connectivity index (χ4v) is 5.92. The summed E-state index contributed by atoms with van der Waals surface area (Å²) in [4.78, 5) is 23.8. The molecular weight excluding hydrogens is 466 g/mol. The monoisotopic (exact) mass is 501 g/mol. The van der Waals surface area contributed by atoms with Crippen molar-refractivity contribution in [3.63, 3.8) is 0 Å². The second-order valence-electron chi connectivity index (χ2n) is 11.4. The van der Waals surface area contributed by atoms with E-state index in [2.05, 4.69) is 41.4 Å². The molecule has 0 saturated carbocycles. The number of benzene rings is 2. The third-order valence-corrected chi connectivity index (χ3v) is 7.65. The van der Waals surface area contributed by atoms with Gasteiger partial charge in [-0.05, 0) is 81.2 Å². The zero-order valence-electron chi connectivity index (χ0n) is 22.1. The van der Waals surface area contributed by atoms with Gasteiger partial charge in [0.1, 0.15) is 23.8 Å². The third-order valence-electron chi connectivity index (χ3n) is 7.65. The van der Waals surface area contributed by atoms with Gasteiger partial charge in [-0.3, -0.25) is 4.90 Å². The van der Waals surface area contributed by atoms with Gasteiger partial charge in [-0.15, -0.1) is 0 Å². The molecule has 2 unspecified atom stereocenters. The minimum atomic E-state index is -0.552. The molecule has 2 aromatic carbocycles. The highest BCUT2D eigenvalue weighted by Gasteiger charge is 2.38. The van der Waals surface area contributed by atoms with Crippen LogP contribution in [-0.4, -0.2) is 46.8 Å². The largest absolute Gasteiger partial charge is 0.488 e. The molecule has 1 saturated heterocycles. The molecule has 3 heterocycles. The van der Waals surface area contributed by atoms with Crippen LogP contribution in [0, 0.1) is 5.92 Å². The van der Waals surface area contributed by atoms with E-state index in [0.29, 0.717) is 25.7 Å². The first-order valence-electron chi connectivity index (χ1n) is 13.3. The van der Waals surface area contributed by atoms with Crippen LogP contribution in [0.1, 0.15) is 62.3 Å². The zero-order chi connectivity index (χ0) is 25.7. The van der Waals surface area contributed by atoms with Crippen molar-refractivity contribution in [3.05, 3.63) is 59.0 Å². The predicted octanol–water partition coefficient (Wildman–Crippen LogP) is 6.07. The van der Waals surface area contributed by atoms with E-state index < -0.39 is 5.60 Å². The average Bonchev–Trinajstić information content (AvgIpc) is 3.32. The average molecular weight is 502 g/mol. The van der Waals surface area contributed by atoms with Crippen LogP contribution in [0.15, 0.2) is 36.4 Å². The maximum Gasteiger partial charge on any atom is 0.410 e. The number of rotatable bonds is 3. The smallest absolute Gasteiger partial charge is 0.410 e. The van der Waals surface area contributed by atoms with Crippen molar-refractivity contribution >= 4 is 6.09 Å². The number of carbonyl (C=O) groups is 1. The van der Waals surface area contributed by atoms with Gasteiger partial charge in [0.25, 0.3) is 0 Å². The molecule has 3 aliphatic rings. The van der Waals surface area contributed by atoms with E-state index in [9.17, 15) is 4.79 Å². The summed E-state index contributed by atoms with van der Waals surface area (Å²) in [7, 11) is 1.74. The quantitative estimate of drug-likeness (QED) is 0.471. The lowest BCUT2D eigenvalue weighted by molar-refractivity contribution is -0.00305. The Morgan fingerprint density at radius 3 is 2.78 bits per heavy atom. The van der Waals surface area contributed by atoms with Gasteiger partial charge in [-0.2, -0.15) is 0 Å². The SMILES string of the molecule is COCC1CCN(C(=O)OC(C)(C)C)C(c2nc3c([nH]2)CCc2cc4c(cc2-3)OCc2ccccc2-4)C1. The van der Waals surface area contributed by atoms with E-state index in [1.807, 2.05) is 25.7 Å². The third kappa shape index (κ3) is 4.50. The lowest BCUT2D eigenvalue weighted by Crippen LogP contribution is -2.44. The Labute approximate surface area is 218 Å². The number of likely N-dealkylation sites (tertiary alicyclic amines) is 1. The summed E-state index contributed by atoms with van der Waals surface area (Å²) in [6.07, 6.45) is 3.21. The second kappa shape index (κ2) is 9.21. The number of hydrogen-bond acceptors (Lipinski definition) is 5. The topological polar surface area (TPSA) is 76.7 Å². The maximum absolute atomic E-state index is 13.2. The van der Waals surface area contributed by atoms with Crippen molar-refractivity contribution in [2.75, 3.05) is 20.3 Å². The number of H-pyrrole nitrogens is 1. The number of ether oxygens (including phenoxy) is 3. The molecule has 1 aliphatic carbocycles. The van der Waals surface area contributed by atoms with Gasteiger partial charge in [0.2, 0.25) is 0 Å². The standard InChI is InChI=1S/C30H35N3O4/c1-30(2,3)37-29(34)33-12-11-18(16-35-4)13-25(33)28-31-24-10-9-19-14-23-21-8-6-5-7-20(21)17-36-26(23)15-22(19)27(24)32-28/h5-8,14-15,18,25H,9-13,16-17H2,1-4H3,(H,31,32). The van der Waals surface area contributed by atoms with Gasteiger partial charge in [-0.1, -0.05) is 24.3 Å². The Balaban J connectivity index is 1.36. The first kappa shape index (κ1) is 24.0. The van der Waals surface area contributed by atoms with E-state index in [4.69, 9.17) is 19.2 Å². The highest BCUT2D eigenvalue weighted by Crippen LogP contribution is 2.45. The summed E-state index contributed by atoms with van der Waals surface area (Å²) in [5.74, 6) is 2.10. The van der Waals surface area contributed by atoms with Crippen molar-refractivity contribution in [3.8, 4) is 28.1 Å². The van der Waals surface area contributed by atoms with E-state index in [0.717, 1.165) is 59.8 Å². The minimum absolute atomic E-state index is 0.182. The molecule has 1 fully saturated rings. The predicted molar refractivity (Wildman–Crippen MR) is 141 cm³/mol. The number of imidazole rings is 1. The lowest BCUT2D eigenvalue weighted by atomic mass is 9.87. The van der Waals surface area contributed by atoms with Gasteiger partial charge < -0.3 is 19.2 Å². The molecule has 37 heavy (non-hydrogen) atoms. The van der Waals surface area contributed by atoms with Crippen molar-refractivity contribution in [2.45, 2.75) is 64.7 Å². The van der Waals surface area contributed by atoms with E-state index in [1.54, 1.807) is 7.11 Å². The molecule has 2 atom stereocenters. The van der Waals surface area contributed by atoms with Crippen molar-refractivity contribution in [1.82, 2.24) is 14.9 Å². The van der Waals surface area contributed by atoms with Gasteiger partial charge >= 0.3 is 6.09 Å². The Morgan fingerprint density at radius 1 is 1.14 bits per heavy atom. The number of nitrogens with one attached hydrogen (secondary N) is 1. The summed E-state index contributed by atoms with van der Waals surface area (Å²) in [5, 5.41) is 0. The van der Waals surface area contributed by atoms with Crippen molar-refractivity contribution < 1.29 is 19.0 Å². The molecule has 2 aliphatic heterocycles. The molecule has 1 amide bonds. The number of aromatic amines is 1. The molecule has 194 valence electrons. The molecule has 7 heteroatoms. The Bertz CT molecular complexity index is 1340. The number of amides is 1. The van der Waals surface area contributed by atoms with Crippen molar-refractivity contribution in [1.29, 1.82) is 0 Å². The van der Waals surface area contributed by atoms with Crippen LogP contribution in [0.25, 0.3) is 22.4 Å². The van der Waals surface area contributed by atoms with Gasteiger partial charge in [0, 0.05) is 37.1 Å². The summed E-state index contributed by atoms with van der Waals surface area (Å²) in [6, 6.07) is 12.7. The van der Waals surface area contributed by atoms with E-state index in [1.165, 1.54) is 16.7 Å². The van der Waals surface area contributed by atoms with Crippen molar-refractivity contribution in [2.24, 2.45) is 5.92 Å². The first-order chi connectivity index (χ1) is 17.8. The summed E-state index contributed by atoms with van der Waals surface area (Å²) < 4.78 is 17.4. The molecule has 7 nitrogen and oxygen atoms in total. The van der Waals surface area contributed by atoms with E-state index >= 15 is 0 Å². The highest BCUT2D eigenvalue weighted by atomic mass is 16.6. The lowest BCUT2D eigenvalue weighted by Gasteiger charge is -2.38. The number of methoxy groups -OCH3 is 1. The Hall–Kier alpha value is -3.32. The number of carbonyl (C=O) groups excluding carboxylic acids is 1. The molecule has 0 radical (unpaired) electrons. The first-order valence-corrected chi connectivity index (χ1v) is 13.3. The number of hydrogen-bond donors (Lipinski definition) is 1. The summed E-state index contributed by atoms with van der Waals surface area (Å²) in [5.41, 5.74) is 7.58. The van der Waals surface area contributed by atoms with Gasteiger partial charge in [0.05, 0.1) is 11.7 Å². The van der Waals surface area contributed by atoms with Crippen LogP contribution in [0.4, 0.5) is 4.79 Å². The van der Waals surface area contributed by atoms with Crippen LogP contribution in [0.5, 0.6) is 5.75 Å². The van der Waals surface area contributed by atoms with E-state index in [-0.39, 0.29) is 12.1 Å². The number of aryl methyl sites for hydroxylation is 2. The van der Waals surface area contributed by atoms with Crippen LogP contribution in [0.3, 0.4) is 0 Å². The number of piperidine rings is 1. The summed E-state index contributed by atoms with van der Waals surface area (Å²) >= 11 is 0. The normalized spacial score (nSPS) is 20.3. The summed E-state index contributed by atoms with van der Waals surface area (Å²) in [6.45, 7) is 7.58. The molecule has 3 aromatic rings. The fraction of sp³-hybridized carbons (Fsp3) is 0.467. The minimum Gasteiger partial charge on any atom is -0.488 e. The molecule has 1 aromatic heterocycles. The molecule has 0 bridgehead atoms. The van der Waals surface area contributed by atoms with Crippen LogP contribution in [0.2, 0.25) is 0 Å². The second-order valence-corrected chi connectivity index (χ2v) is 11.4. The number of fused-ring (bicyclic) bond motifs is 6. The molecule has 0 spiro atoms. The zero-order valence-corrected chi connectivity index (χ0v) is 22.1. The maximum atomic E-state index is 13.2. The van der Waals surface area contributed by atoms with Crippen LogP contribution in [-0.2, 0) is 28.9 Å². The molecule has 6 rings (SSSR count). The molecular formula is C30H35N3O4. The fourth-order valence-electron chi connectivity index (χ4n) is 5.92. The van der Waals surface area contributed by atoms with Crippen LogP contribution < -0.4 is 4.74 Å². The Morgan fingerprint density at radius 2 is 1.97 bits per heavy atom. The number of aromatic nitrogens is 2. The Kier molecular flexibility index (Phi) is 5.98. The molecule has 1 N–H and O–H groups in total.